The maximum atomic E-state index is 12.3. The minimum absolute atomic E-state index is 0.218. The molecule has 1 saturated heterocycles. The predicted molar refractivity (Wildman–Crippen MR) is 141 cm³/mol. The van der Waals surface area contributed by atoms with E-state index in [1.807, 2.05) is 30.3 Å². The van der Waals surface area contributed by atoms with Gasteiger partial charge in [0.2, 0.25) is 0 Å². The van der Waals surface area contributed by atoms with Gasteiger partial charge in [-0.15, -0.1) is 0 Å². The van der Waals surface area contributed by atoms with Crippen LogP contribution in [0, 0.1) is 11.3 Å². The first-order chi connectivity index (χ1) is 17.9. The first kappa shape index (κ1) is 24.3. The van der Waals surface area contributed by atoms with Crippen molar-refractivity contribution in [2.45, 2.75) is 12.5 Å². The highest BCUT2D eigenvalue weighted by Crippen LogP contribution is 2.38. The summed E-state index contributed by atoms with van der Waals surface area (Å²) < 4.78 is 11.8. The van der Waals surface area contributed by atoms with Crippen LogP contribution in [0.25, 0.3) is 33.6 Å². The number of aromatic nitrogens is 2. The van der Waals surface area contributed by atoms with Gasteiger partial charge in [-0.3, -0.25) is 14.8 Å². The molecule has 1 aliphatic heterocycles. The molecule has 1 unspecified atom stereocenters. The average molecular weight is 497 g/mol. The number of hydrogen-bond donors (Lipinski definition) is 1. The largest absolute Gasteiger partial charge is 0.496 e. The minimum Gasteiger partial charge on any atom is -0.496 e. The fourth-order valence-electron chi connectivity index (χ4n) is 4.64. The molecule has 1 fully saturated rings. The summed E-state index contributed by atoms with van der Waals surface area (Å²) in [5.41, 5.74) is 5.24. The Bertz CT molecular complexity index is 1520. The van der Waals surface area contributed by atoms with Gasteiger partial charge in [0, 0.05) is 56.8 Å². The lowest BCUT2D eigenvalue weighted by Crippen LogP contribution is -2.23. The lowest BCUT2D eigenvalue weighted by atomic mass is 10.0. The molecule has 0 radical (unpaired) electrons. The molecule has 1 N–H and O–H groups in total. The Kier molecular flexibility index (Phi) is 6.51. The highest BCUT2D eigenvalue weighted by Gasteiger charge is 2.21. The summed E-state index contributed by atoms with van der Waals surface area (Å²) in [4.78, 5) is 24.9. The maximum Gasteiger partial charge on any atom is 0.272 e. The van der Waals surface area contributed by atoms with Gasteiger partial charge in [0.15, 0.2) is 5.58 Å². The van der Waals surface area contributed by atoms with Gasteiger partial charge in [0.05, 0.1) is 23.9 Å². The monoisotopic (exact) mass is 496 g/mol. The van der Waals surface area contributed by atoms with Crippen molar-refractivity contribution in [3.8, 4) is 34.3 Å². The number of methoxy groups -OCH3 is 1. The van der Waals surface area contributed by atoms with Crippen LogP contribution in [0.3, 0.4) is 0 Å². The molecule has 5 rings (SSSR count). The number of pyridine rings is 2. The third-order valence-corrected chi connectivity index (χ3v) is 6.59. The first-order valence-corrected chi connectivity index (χ1v) is 12.0. The Labute approximate surface area is 215 Å². The highest BCUT2D eigenvalue weighted by molar-refractivity contribution is 5.95. The number of carbonyl (C=O) groups is 1. The number of nitriles is 1. The number of benzene rings is 1. The Balaban J connectivity index is 1.51. The molecule has 0 bridgehead atoms. The van der Waals surface area contributed by atoms with Gasteiger partial charge in [-0.2, -0.15) is 5.26 Å². The van der Waals surface area contributed by atoms with Crippen molar-refractivity contribution in [1.82, 2.24) is 19.8 Å². The molecule has 3 aromatic heterocycles. The normalized spacial score (nSPS) is 15.5. The molecular weight excluding hydrogens is 468 g/mol. The Morgan fingerprint density at radius 3 is 2.76 bits per heavy atom. The molecule has 188 valence electrons. The SMILES string of the molecule is COc1cc(C(=O)N(C)C)ncc1-c1cc2nccc(-c3ccc(NC4CCN(C)C4)c(C#N)c3)c2o1. The summed E-state index contributed by atoms with van der Waals surface area (Å²) in [5.74, 6) is 0.775. The van der Waals surface area contributed by atoms with Crippen molar-refractivity contribution < 1.29 is 13.9 Å². The van der Waals surface area contributed by atoms with Crippen LogP contribution in [0.5, 0.6) is 5.75 Å². The van der Waals surface area contributed by atoms with E-state index < -0.39 is 0 Å². The Morgan fingerprint density at radius 1 is 1.22 bits per heavy atom. The van der Waals surface area contributed by atoms with Gasteiger partial charge in [0.1, 0.15) is 28.8 Å². The number of hydrogen-bond acceptors (Lipinski definition) is 8. The second kappa shape index (κ2) is 9.91. The molecule has 0 saturated carbocycles. The van der Waals surface area contributed by atoms with Crippen LogP contribution in [0.4, 0.5) is 5.69 Å². The van der Waals surface area contributed by atoms with E-state index in [4.69, 9.17) is 9.15 Å². The fourth-order valence-corrected chi connectivity index (χ4v) is 4.64. The quantitative estimate of drug-likeness (QED) is 0.422. The van der Waals surface area contributed by atoms with Crippen molar-refractivity contribution in [2.24, 2.45) is 0 Å². The van der Waals surface area contributed by atoms with E-state index in [-0.39, 0.29) is 11.6 Å². The van der Waals surface area contributed by atoms with E-state index in [2.05, 4.69) is 33.3 Å². The first-order valence-electron chi connectivity index (χ1n) is 12.0. The van der Waals surface area contributed by atoms with Crippen molar-refractivity contribution >= 4 is 22.7 Å². The van der Waals surface area contributed by atoms with Crippen LogP contribution in [0.1, 0.15) is 22.5 Å². The van der Waals surface area contributed by atoms with Crippen molar-refractivity contribution in [3.05, 3.63) is 60.0 Å². The standard InChI is InChI=1S/C28H28N6O3/c1-33(2)28(35)24-13-25(36-4)21(15-31-24)26-12-23-27(37-26)20(7-9-30-23)17-5-6-22(18(11-17)14-29)32-19-8-10-34(3)16-19/h5-7,9,11-13,15,19,32H,8,10,16H2,1-4H3. The molecule has 9 heteroatoms. The number of nitrogens with one attached hydrogen (secondary N) is 1. The Morgan fingerprint density at radius 2 is 2.05 bits per heavy atom. The third kappa shape index (κ3) is 4.71. The van der Waals surface area contributed by atoms with Crippen molar-refractivity contribution in [1.29, 1.82) is 5.26 Å². The second-order valence-electron chi connectivity index (χ2n) is 9.42. The van der Waals surface area contributed by atoms with Crippen molar-refractivity contribution in [2.75, 3.05) is 46.7 Å². The predicted octanol–water partition coefficient (Wildman–Crippen LogP) is 4.25. The van der Waals surface area contributed by atoms with Crippen molar-refractivity contribution in [3.63, 3.8) is 0 Å². The summed E-state index contributed by atoms with van der Waals surface area (Å²) in [6, 6.07) is 13.8. The van der Waals surface area contributed by atoms with Gasteiger partial charge < -0.3 is 24.3 Å². The zero-order valence-electron chi connectivity index (χ0n) is 21.3. The van der Waals surface area contributed by atoms with E-state index in [0.29, 0.717) is 39.8 Å². The number of likely N-dealkylation sites (tertiary alicyclic amines) is 1. The van der Waals surface area contributed by atoms with Gasteiger partial charge >= 0.3 is 0 Å². The second-order valence-corrected chi connectivity index (χ2v) is 9.42. The highest BCUT2D eigenvalue weighted by atomic mass is 16.5. The summed E-state index contributed by atoms with van der Waals surface area (Å²) >= 11 is 0. The van der Waals surface area contributed by atoms with E-state index in [1.54, 1.807) is 32.6 Å². The minimum atomic E-state index is -0.218. The number of anilines is 1. The Hall–Kier alpha value is -4.42. The number of ether oxygens (including phenoxy) is 1. The number of nitrogens with zero attached hydrogens (tertiary/aromatic N) is 5. The number of carbonyl (C=O) groups excluding carboxylic acids is 1. The van der Waals surface area contributed by atoms with Crippen LogP contribution in [0.15, 0.2) is 53.2 Å². The molecule has 37 heavy (non-hydrogen) atoms. The molecule has 1 aliphatic rings. The molecule has 9 nitrogen and oxygen atoms in total. The summed E-state index contributed by atoms with van der Waals surface area (Å²) in [6.45, 7) is 2.00. The lowest BCUT2D eigenvalue weighted by Gasteiger charge is -2.16. The zero-order valence-corrected chi connectivity index (χ0v) is 21.3. The maximum absolute atomic E-state index is 12.3. The number of furan rings is 1. The van der Waals surface area contributed by atoms with Gasteiger partial charge in [-0.25, -0.2) is 0 Å². The van der Waals surface area contributed by atoms with E-state index in [9.17, 15) is 10.1 Å². The van der Waals surface area contributed by atoms with Crippen LogP contribution in [-0.4, -0.2) is 73.1 Å². The van der Waals surface area contributed by atoms with Gasteiger partial charge in [-0.1, -0.05) is 6.07 Å². The number of likely N-dealkylation sites (N-methyl/N-ethyl adjacent to an activating group) is 1. The summed E-state index contributed by atoms with van der Waals surface area (Å²) in [6.07, 6.45) is 4.34. The molecule has 0 aliphatic carbocycles. The van der Waals surface area contributed by atoms with Gasteiger partial charge in [0.25, 0.3) is 5.91 Å². The van der Waals surface area contributed by atoms with E-state index >= 15 is 0 Å². The van der Waals surface area contributed by atoms with Crippen LogP contribution < -0.4 is 10.1 Å². The fraction of sp³-hybridized carbons (Fsp3) is 0.286. The smallest absolute Gasteiger partial charge is 0.272 e. The topological polar surface area (TPSA) is 108 Å². The number of rotatable bonds is 6. The molecule has 4 heterocycles. The molecule has 1 amide bonds. The summed E-state index contributed by atoms with van der Waals surface area (Å²) in [7, 11) is 6.98. The number of amides is 1. The lowest BCUT2D eigenvalue weighted by molar-refractivity contribution is 0.0821. The zero-order chi connectivity index (χ0) is 26.1. The van der Waals surface area contributed by atoms with E-state index in [1.165, 1.54) is 12.0 Å². The summed E-state index contributed by atoms with van der Waals surface area (Å²) in [5, 5.41) is 13.4. The van der Waals surface area contributed by atoms with E-state index in [0.717, 1.165) is 36.3 Å². The molecule has 0 spiro atoms. The molecule has 4 aromatic rings. The average Bonchev–Trinajstić information content (AvgIpc) is 3.53. The number of fused-ring (bicyclic) bond motifs is 1. The molecule has 1 aromatic carbocycles. The van der Waals surface area contributed by atoms with Crippen LogP contribution >= 0.6 is 0 Å². The third-order valence-electron chi connectivity index (χ3n) is 6.59. The van der Waals surface area contributed by atoms with Crippen LogP contribution in [-0.2, 0) is 0 Å². The van der Waals surface area contributed by atoms with Crippen LogP contribution in [0.2, 0.25) is 0 Å². The van der Waals surface area contributed by atoms with Gasteiger partial charge in [-0.05, 0) is 43.8 Å². The molecule has 1 atom stereocenters. The molecular formula is C28H28N6O3.